The molecule has 0 aromatic heterocycles. The predicted molar refractivity (Wildman–Crippen MR) is 356 cm³/mol. The normalized spacial score (nSPS) is 13.6. The van der Waals surface area contributed by atoms with E-state index in [2.05, 4.69) is 272 Å². The molecule has 1 saturated carbocycles. The van der Waals surface area contributed by atoms with Gasteiger partial charge in [0.25, 0.3) is 0 Å². The number of hydrogen-bond donors (Lipinski definition) is 0. The van der Waals surface area contributed by atoms with Crippen molar-refractivity contribution in [1.29, 1.82) is 0 Å². The zero-order valence-corrected chi connectivity index (χ0v) is 50.8. The van der Waals surface area contributed by atoms with Crippen LogP contribution in [0.5, 0.6) is 0 Å². The fourth-order valence-electron chi connectivity index (χ4n) is 10.6. The zero-order valence-electron chi connectivity index (χ0n) is 50.8. The van der Waals surface area contributed by atoms with Crippen molar-refractivity contribution in [1.82, 2.24) is 0 Å². The van der Waals surface area contributed by atoms with Crippen LogP contribution in [0, 0.1) is 40.5 Å². The van der Waals surface area contributed by atoms with E-state index in [4.69, 9.17) is 0 Å². The van der Waals surface area contributed by atoms with E-state index in [-0.39, 0.29) is 5.41 Å². The minimum Gasteiger partial charge on any atom is -0.0988 e. The molecule has 0 spiro atoms. The predicted octanol–water partition coefficient (Wildman–Crippen LogP) is 23.4. The van der Waals surface area contributed by atoms with Crippen molar-refractivity contribution >= 4 is 11.1 Å². The van der Waals surface area contributed by atoms with Gasteiger partial charge in [0, 0.05) is 5.41 Å². The summed E-state index contributed by atoms with van der Waals surface area (Å²) < 4.78 is 0. The third kappa shape index (κ3) is 15.3. The summed E-state index contributed by atoms with van der Waals surface area (Å²) in [4.78, 5) is 0. The maximum absolute atomic E-state index is 4.12. The highest BCUT2D eigenvalue weighted by molar-refractivity contribution is 5.88. The second-order valence-corrected chi connectivity index (χ2v) is 21.9. The lowest BCUT2D eigenvalue weighted by Gasteiger charge is -2.23. The van der Waals surface area contributed by atoms with Crippen molar-refractivity contribution in [3.8, 4) is 44.5 Å². The molecule has 0 N–H and O–H groups in total. The molecule has 2 aliphatic rings. The highest BCUT2D eigenvalue weighted by atomic mass is 14.4. The number of aryl methyl sites for hydroxylation is 6. The van der Waals surface area contributed by atoms with Crippen LogP contribution in [0.2, 0.25) is 0 Å². The summed E-state index contributed by atoms with van der Waals surface area (Å²) in [5.74, 6) is 1.23. The van der Waals surface area contributed by atoms with Gasteiger partial charge in [-0.3, -0.25) is 0 Å². The fourth-order valence-corrected chi connectivity index (χ4v) is 10.6. The average Bonchev–Trinajstić information content (AvgIpc) is 4.44. The molecule has 1 atom stereocenters. The molecular formula is C80H90. The smallest absolute Gasteiger partial charge is 0.0158 e. The molecule has 0 heteroatoms. The van der Waals surface area contributed by atoms with Crippen LogP contribution < -0.4 is 0 Å². The van der Waals surface area contributed by atoms with E-state index in [1.807, 2.05) is 50.3 Å². The van der Waals surface area contributed by atoms with Crippen LogP contribution in [0.15, 0.2) is 243 Å². The van der Waals surface area contributed by atoms with Crippen LogP contribution in [0.25, 0.3) is 55.7 Å². The van der Waals surface area contributed by atoms with Crippen LogP contribution >= 0.6 is 0 Å². The van der Waals surface area contributed by atoms with Gasteiger partial charge in [-0.25, -0.2) is 0 Å². The molecule has 0 radical (unpaired) electrons. The lowest BCUT2D eigenvalue weighted by atomic mass is 9.80. The first-order chi connectivity index (χ1) is 38.6. The van der Waals surface area contributed by atoms with Crippen LogP contribution in [0.4, 0.5) is 0 Å². The second-order valence-electron chi connectivity index (χ2n) is 21.9. The first kappa shape index (κ1) is 61.4. The Morgan fingerprint density at radius 1 is 0.537 bits per heavy atom. The summed E-state index contributed by atoms with van der Waals surface area (Å²) in [6.07, 6.45) is 15.2. The lowest BCUT2D eigenvalue weighted by molar-refractivity contribution is 0.653. The van der Waals surface area contributed by atoms with E-state index in [0.29, 0.717) is 5.92 Å². The first-order valence-corrected chi connectivity index (χ1v) is 29.4. The number of rotatable bonds is 13. The van der Waals surface area contributed by atoms with Crippen LogP contribution in [0.1, 0.15) is 136 Å². The third-order valence-electron chi connectivity index (χ3n) is 15.8. The Balaban J connectivity index is 0.000000185. The fraction of sp³-hybridized carbons (Fsp3) is 0.250. The standard InChI is InChI=1S/C31H34.C23H22.C17H20.C7H8.C2H6/c1-7-10-30(29(9-3)23(5)8-2)31-21-28(16-13-24(31)6)27-19-17-26(18-20-27)25-14-11-22(4)12-15-25;1-16-7-9-18(10-8-16)20-13-14-22(19-11-12-19)23(15-20)21-6-4-3-5-17(21)2;1-6-12-9-10-14-13(7-2)15(8-3)17(4,5)16(14)11-12;1-7-5-3-2-4-6-7;1-2/h7,9-21,23H,3,8H2,1-2,4-6H3;3-10,13-15,19H,11-12H2,1-2H3;7-11H,2-3,6H2,1,4-5H3;2-6H,1H3;1-2H3/b10-7-,30-29-;;;;. The van der Waals surface area contributed by atoms with Gasteiger partial charge in [0.2, 0.25) is 0 Å². The molecule has 1 fully saturated rings. The van der Waals surface area contributed by atoms with Gasteiger partial charge in [-0.15, -0.1) is 0 Å². The molecule has 10 rings (SSSR count). The molecule has 0 amide bonds. The molecule has 2 aliphatic carbocycles. The molecule has 80 heavy (non-hydrogen) atoms. The summed E-state index contributed by atoms with van der Waals surface area (Å²) in [6.45, 7) is 40.1. The minimum atomic E-state index is 0.0474. The van der Waals surface area contributed by atoms with E-state index in [9.17, 15) is 0 Å². The highest BCUT2D eigenvalue weighted by Crippen LogP contribution is 2.48. The molecule has 0 aliphatic heterocycles. The molecule has 410 valence electrons. The minimum absolute atomic E-state index is 0.0474. The number of allylic oxidation sites excluding steroid dienone is 9. The summed E-state index contributed by atoms with van der Waals surface area (Å²) >= 11 is 0. The Morgan fingerprint density at radius 2 is 1.05 bits per heavy atom. The Hall–Kier alpha value is -7.80. The van der Waals surface area contributed by atoms with E-state index < -0.39 is 0 Å². The first-order valence-electron chi connectivity index (χ1n) is 29.4. The van der Waals surface area contributed by atoms with Crippen molar-refractivity contribution < 1.29 is 0 Å². The number of fused-ring (bicyclic) bond motifs is 1. The van der Waals surface area contributed by atoms with E-state index in [1.54, 1.807) is 0 Å². The summed E-state index contributed by atoms with van der Waals surface area (Å²) in [6, 6.07) is 66.0. The maximum Gasteiger partial charge on any atom is 0.0158 e. The van der Waals surface area contributed by atoms with Crippen molar-refractivity contribution in [2.45, 2.75) is 127 Å². The quantitative estimate of drug-likeness (QED) is 0.101. The molecule has 0 saturated heterocycles. The largest absolute Gasteiger partial charge is 0.0988 e. The maximum atomic E-state index is 4.12. The molecule has 1 unspecified atom stereocenters. The van der Waals surface area contributed by atoms with Gasteiger partial charge in [0.15, 0.2) is 0 Å². The lowest BCUT2D eigenvalue weighted by Crippen LogP contribution is -2.16. The van der Waals surface area contributed by atoms with Crippen LogP contribution in [0.3, 0.4) is 0 Å². The van der Waals surface area contributed by atoms with Gasteiger partial charge < -0.3 is 0 Å². The molecule has 0 nitrogen and oxygen atoms in total. The Morgan fingerprint density at radius 3 is 1.54 bits per heavy atom. The number of benzene rings is 8. The second kappa shape index (κ2) is 29.4. The van der Waals surface area contributed by atoms with Crippen molar-refractivity contribution in [2.75, 3.05) is 0 Å². The van der Waals surface area contributed by atoms with E-state index >= 15 is 0 Å². The highest BCUT2D eigenvalue weighted by Gasteiger charge is 2.35. The van der Waals surface area contributed by atoms with Gasteiger partial charge in [-0.05, 0) is 197 Å². The van der Waals surface area contributed by atoms with Gasteiger partial charge in [-0.2, -0.15) is 0 Å². The van der Waals surface area contributed by atoms with Gasteiger partial charge in [0.1, 0.15) is 0 Å². The van der Waals surface area contributed by atoms with E-state index in [1.165, 1.54) is 135 Å². The van der Waals surface area contributed by atoms with Crippen LogP contribution in [-0.2, 0) is 11.8 Å². The number of hydrogen-bond acceptors (Lipinski definition) is 0. The van der Waals surface area contributed by atoms with Gasteiger partial charge in [-0.1, -0.05) is 285 Å². The SMILES string of the molecule is C=C/C(=C(\C=C/C)c1cc(-c2ccc(-c3ccc(C)cc3)cc2)ccc1C)C(C)CC.C=CC1=C(C=C)C(C)(C)c2cc(CC)ccc21.CC.Cc1ccc(-c2ccc(C3CC3)c(-c3ccccc3C)c2)cc1.Cc1ccccc1. The Kier molecular flexibility index (Phi) is 22.6. The molecule has 8 aromatic carbocycles. The Labute approximate surface area is 484 Å². The van der Waals surface area contributed by atoms with Gasteiger partial charge in [0.05, 0.1) is 0 Å². The Bertz CT molecular complexity index is 3410. The van der Waals surface area contributed by atoms with Crippen molar-refractivity contribution in [2.24, 2.45) is 5.92 Å². The third-order valence-corrected chi connectivity index (χ3v) is 15.8. The summed E-state index contributed by atoms with van der Waals surface area (Å²) in [7, 11) is 0. The molecule has 8 aromatic rings. The zero-order chi connectivity index (χ0) is 57.9. The summed E-state index contributed by atoms with van der Waals surface area (Å²) in [5.41, 5.74) is 29.0. The molecule has 0 bridgehead atoms. The van der Waals surface area contributed by atoms with Crippen LogP contribution in [-0.4, -0.2) is 0 Å². The summed E-state index contributed by atoms with van der Waals surface area (Å²) in [5, 5.41) is 0. The topological polar surface area (TPSA) is 0 Å². The van der Waals surface area contributed by atoms with Crippen molar-refractivity contribution in [3.05, 3.63) is 299 Å². The monoisotopic (exact) mass is 1050 g/mol. The van der Waals surface area contributed by atoms with E-state index in [0.717, 1.165) is 18.8 Å². The van der Waals surface area contributed by atoms with Gasteiger partial charge >= 0.3 is 0 Å². The molecular weight excluding hydrogens is 961 g/mol. The van der Waals surface area contributed by atoms with Crippen molar-refractivity contribution in [3.63, 3.8) is 0 Å². The average molecular weight is 1050 g/mol. The molecule has 0 heterocycles.